The molecule has 1 aliphatic rings. The number of phenolic OH excluding ortho intramolecular Hbond substituents is 1. The monoisotopic (exact) mass is 439 g/mol. The van der Waals surface area contributed by atoms with E-state index in [9.17, 15) is 19.1 Å². The summed E-state index contributed by atoms with van der Waals surface area (Å²) in [6, 6.07) is 11.3. The van der Waals surface area contributed by atoms with Crippen molar-refractivity contribution in [1.29, 1.82) is 5.26 Å². The van der Waals surface area contributed by atoms with E-state index in [1.165, 1.54) is 6.07 Å². The molecule has 32 heavy (non-hydrogen) atoms. The molecule has 168 valence electrons. The summed E-state index contributed by atoms with van der Waals surface area (Å²) in [7, 11) is 0. The molecule has 0 saturated carbocycles. The van der Waals surface area contributed by atoms with E-state index in [4.69, 9.17) is 10.00 Å². The highest BCUT2D eigenvalue weighted by Crippen LogP contribution is 2.22. The van der Waals surface area contributed by atoms with Crippen LogP contribution in [0, 0.1) is 23.1 Å². The average Bonchev–Trinajstić information content (AvgIpc) is 2.77. The molecule has 0 radical (unpaired) electrons. The Kier molecular flexibility index (Phi) is 7.31. The predicted molar refractivity (Wildman–Crippen MR) is 116 cm³/mol. The minimum Gasteiger partial charge on any atom is -0.507 e. The van der Waals surface area contributed by atoms with Gasteiger partial charge in [0.25, 0.3) is 5.91 Å². The highest BCUT2D eigenvalue weighted by atomic mass is 19.1. The van der Waals surface area contributed by atoms with E-state index in [1.54, 1.807) is 29.2 Å². The number of rotatable bonds is 6. The number of hydrogen-bond donors (Lipinski definition) is 2. The molecule has 3 rings (SSSR count). The second-order valence-corrected chi connectivity index (χ2v) is 8.14. The number of carbonyl (C=O) groups excluding carboxylic acids is 2. The van der Waals surface area contributed by atoms with Crippen LogP contribution >= 0.6 is 0 Å². The molecule has 2 aromatic carbocycles. The van der Waals surface area contributed by atoms with Crippen molar-refractivity contribution in [3.63, 3.8) is 0 Å². The van der Waals surface area contributed by atoms with Crippen LogP contribution in [0.3, 0.4) is 0 Å². The fourth-order valence-electron chi connectivity index (χ4n) is 3.62. The average molecular weight is 439 g/mol. The van der Waals surface area contributed by atoms with E-state index >= 15 is 0 Å². The summed E-state index contributed by atoms with van der Waals surface area (Å²) in [4.78, 5) is 27.4. The number of likely N-dealkylation sites (tertiary alicyclic amines) is 1. The Morgan fingerprint density at radius 3 is 2.41 bits per heavy atom. The van der Waals surface area contributed by atoms with Gasteiger partial charge in [-0.05, 0) is 42.3 Å². The Morgan fingerprint density at radius 1 is 1.19 bits per heavy atom. The van der Waals surface area contributed by atoms with Gasteiger partial charge < -0.3 is 20.1 Å². The zero-order valence-electron chi connectivity index (χ0n) is 18.0. The number of piperidine rings is 1. The van der Waals surface area contributed by atoms with Gasteiger partial charge in [-0.2, -0.15) is 5.26 Å². The third kappa shape index (κ3) is 5.55. The van der Waals surface area contributed by atoms with Gasteiger partial charge in [-0.1, -0.05) is 13.8 Å². The lowest BCUT2D eigenvalue weighted by Gasteiger charge is -2.35. The van der Waals surface area contributed by atoms with Crippen LogP contribution in [-0.2, 0) is 4.79 Å². The SMILES string of the molecule is CC(C)[C@H](NC(=O)c1ccc(F)cc1O)C(=O)N1CCC(Oc2ccc(C#N)cc2)CC1. The van der Waals surface area contributed by atoms with Crippen molar-refractivity contribution in [2.24, 2.45) is 5.92 Å². The normalized spacial score (nSPS) is 15.2. The number of carbonyl (C=O) groups is 2. The number of halogens is 1. The Labute approximate surface area is 186 Å². The van der Waals surface area contributed by atoms with Crippen molar-refractivity contribution in [3.8, 4) is 17.6 Å². The smallest absolute Gasteiger partial charge is 0.255 e. The van der Waals surface area contributed by atoms with Crippen LogP contribution in [0.1, 0.15) is 42.6 Å². The summed E-state index contributed by atoms with van der Waals surface area (Å²) in [6.07, 6.45) is 1.24. The number of hydrogen-bond acceptors (Lipinski definition) is 5. The number of nitrogens with zero attached hydrogens (tertiary/aromatic N) is 2. The Bertz CT molecular complexity index is 1010. The van der Waals surface area contributed by atoms with Gasteiger partial charge in [-0.15, -0.1) is 0 Å². The maximum Gasteiger partial charge on any atom is 0.255 e. The third-order valence-corrected chi connectivity index (χ3v) is 5.46. The van der Waals surface area contributed by atoms with Gasteiger partial charge in [0.15, 0.2) is 0 Å². The lowest BCUT2D eigenvalue weighted by Crippen LogP contribution is -2.53. The second-order valence-electron chi connectivity index (χ2n) is 8.14. The first-order valence-corrected chi connectivity index (χ1v) is 10.5. The van der Waals surface area contributed by atoms with Gasteiger partial charge in [0.05, 0.1) is 17.2 Å². The summed E-state index contributed by atoms with van der Waals surface area (Å²) in [5, 5.41) is 21.4. The maximum absolute atomic E-state index is 13.2. The highest BCUT2D eigenvalue weighted by Gasteiger charge is 2.32. The standard InChI is InChI=1S/C24H26FN3O4/c1-15(2)22(27-23(30)20-8-5-17(25)13-21(20)29)24(31)28-11-9-19(10-12-28)32-18-6-3-16(14-26)4-7-18/h3-8,13,15,19,22,29H,9-12H2,1-2H3,(H,27,30)/t22-/m0/s1. The van der Waals surface area contributed by atoms with Gasteiger partial charge in [0.2, 0.25) is 5.91 Å². The molecule has 2 amide bonds. The highest BCUT2D eigenvalue weighted by molar-refractivity contribution is 5.99. The predicted octanol–water partition coefficient (Wildman–Crippen LogP) is 3.23. The Hall–Kier alpha value is -3.60. The molecule has 2 aromatic rings. The fraction of sp³-hybridized carbons (Fsp3) is 0.375. The molecule has 0 spiro atoms. The summed E-state index contributed by atoms with van der Waals surface area (Å²) in [6.45, 7) is 4.63. The van der Waals surface area contributed by atoms with Crippen LogP contribution in [0.2, 0.25) is 0 Å². The minimum atomic E-state index is -0.775. The van der Waals surface area contributed by atoms with E-state index in [-0.39, 0.29) is 23.5 Å². The van der Waals surface area contributed by atoms with Crippen LogP contribution in [0.5, 0.6) is 11.5 Å². The molecular weight excluding hydrogens is 413 g/mol. The van der Waals surface area contributed by atoms with E-state index in [2.05, 4.69) is 11.4 Å². The largest absolute Gasteiger partial charge is 0.507 e. The molecule has 1 atom stereocenters. The van der Waals surface area contributed by atoms with Crippen molar-refractivity contribution in [2.45, 2.75) is 38.8 Å². The van der Waals surface area contributed by atoms with Gasteiger partial charge in [0.1, 0.15) is 29.5 Å². The summed E-state index contributed by atoms with van der Waals surface area (Å²) in [5.74, 6) is -1.46. The van der Waals surface area contributed by atoms with Gasteiger partial charge in [0, 0.05) is 32.0 Å². The molecule has 1 aliphatic heterocycles. The first-order chi connectivity index (χ1) is 15.3. The van der Waals surface area contributed by atoms with Gasteiger partial charge in [-0.3, -0.25) is 9.59 Å². The molecule has 7 nitrogen and oxygen atoms in total. The topological polar surface area (TPSA) is 103 Å². The molecule has 0 unspecified atom stereocenters. The molecule has 0 bridgehead atoms. The summed E-state index contributed by atoms with van der Waals surface area (Å²) in [5.41, 5.74) is 0.480. The Morgan fingerprint density at radius 2 is 1.84 bits per heavy atom. The van der Waals surface area contributed by atoms with Crippen molar-refractivity contribution in [1.82, 2.24) is 10.2 Å². The zero-order chi connectivity index (χ0) is 23.3. The van der Waals surface area contributed by atoms with Gasteiger partial charge in [-0.25, -0.2) is 4.39 Å². The molecule has 1 saturated heterocycles. The van der Waals surface area contributed by atoms with Crippen LogP contribution in [0.15, 0.2) is 42.5 Å². The van der Waals surface area contributed by atoms with Crippen LogP contribution < -0.4 is 10.1 Å². The molecule has 1 heterocycles. The van der Waals surface area contributed by atoms with E-state index in [0.717, 1.165) is 12.1 Å². The number of ether oxygens (including phenoxy) is 1. The molecule has 8 heteroatoms. The maximum atomic E-state index is 13.2. The minimum absolute atomic E-state index is 0.0461. The van der Waals surface area contributed by atoms with E-state index in [1.807, 2.05) is 13.8 Å². The number of amides is 2. The quantitative estimate of drug-likeness (QED) is 0.719. The number of nitriles is 1. The summed E-state index contributed by atoms with van der Waals surface area (Å²) >= 11 is 0. The molecule has 0 aliphatic carbocycles. The van der Waals surface area contributed by atoms with Crippen LogP contribution in [-0.4, -0.2) is 47.1 Å². The number of aromatic hydroxyl groups is 1. The van der Waals surface area contributed by atoms with E-state index < -0.39 is 23.5 Å². The second kappa shape index (κ2) is 10.1. The molecule has 2 N–H and O–H groups in total. The first-order valence-electron chi connectivity index (χ1n) is 10.5. The van der Waals surface area contributed by atoms with Gasteiger partial charge >= 0.3 is 0 Å². The number of phenols is 1. The number of nitrogens with one attached hydrogen (secondary N) is 1. The number of benzene rings is 2. The van der Waals surface area contributed by atoms with Crippen molar-refractivity contribution < 1.29 is 23.8 Å². The van der Waals surface area contributed by atoms with Crippen LogP contribution in [0.4, 0.5) is 4.39 Å². The Balaban J connectivity index is 1.58. The van der Waals surface area contributed by atoms with Crippen molar-refractivity contribution in [3.05, 3.63) is 59.4 Å². The van der Waals surface area contributed by atoms with Crippen LogP contribution in [0.25, 0.3) is 0 Å². The molecular formula is C24H26FN3O4. The molecule has 1 fully saturated rings. The van der Waals surface area contributed by atoms with Crippen molar-refractivity contribution in [2.75, 3.05) is 13.1 Å². The first kappa shape index (κ1) is 23.1. The molecule has 0 aromatic heterocycles. The third-order valence-electron chi connectivity index (χ3n) is 5.46. The zero-order valence-corrected chi connectivity index (χ0v) is 18.0. The summed E-state index contributed by atoms with van der Waals surface area (Å²) < 4.78 is 19.2. The van der Waals surface area contributed by atoms with Crippen molar-refractivity contribution >= 4 is 11.8 Å². The van der Waals surface area contributed by atoms with E-state index in [0.29, 0.717) is 37.2 Å². The lowest BCUT2D eigenvalue weighted by molar-refractivity contribution is -0.136. The lowest BCUT2D eigenvalue weighted by atomic mass is 9.99. The fourth-order valence-corrected chi connectivity index (χ4v) is 3.62.